The summed E-state index contributed by atoms with van der Waals surface area (Å²) in [6.45, 7) is -0.333. The largest absolute Gasteiger partial charge is 0.476 e. The van der Waals surface area contributed by atoms with Gasteiger partial charge in [-0.2, -0.15) is 0 Å². The molecule has 0 saturated carbocycles. The second-order valence-corrected chi connectivity index (χ2v) is 9.68. The molecule has 0 bridgehead atoms. The summed E-state index contributed by atoms with van der Waals surface area (Å²) in [4.78, 5) is 23.4. The zero-order valence-corrected chi connectivity index (χ0v) is 19.0. The number of nitrogens with one attached hydrogen (secondary N) is 1. The van der Waals surface area contributed by atoms with Crippen molar-refractivity contribution in [2.24, 2.45) is 0 Å². The van der Waals surface area contributed by atoms with Crippen LogP contribution >= 0.6 is 23.2 Å². The molecule has 1 aliphatic heterocycles. The number of carbonyl (C=O) groups is 1. The third kappa shape index (κ3) is 4.58. The van der Waals surface area contributed by atoms with E-state index >= 15 is 0 Å². The van der Waals surface area contributed by atoms with E-state index < -0.39 is 27.0 Å². The minimum Gasteiger partial charge on any atom is -0.476 e. The van der Waals surface area contributed by atoms with Crippen LogP contribution in [0.3, 0.4) is 0 Å². The highest BCUT2D eigenvalue weighted by molar-refractivity contribution is 7.92. The van der Waals surface area contributed by atoms with E-state index in [1.807, 2.05) is 0 Å². The van der Waals surface area contributed by atoms with Crippen molar-refractivity contribution < 1.29 is 22.9 Å². The summed E-state index contributed by atoms with van der Waals surface area (Å²) in [5.41, 5.74) is 0.00636. The van der Waals surface area contributed by atoms with Gasteiger partial charge in [-0.05, 0) is 42.5 Å². The molecule has 1 amide bonds. The lowest BCUT2D eigenvalue weighted by molar-refractivity contribution is -0.384. The summed E-state index contributed by atoms with van der Waals surface area (Å²) < 4.78 is 33.5. The average molecular weight is 508 g/mol. The van der Waals surface area contributed by atoms with Gasteiger partial charge in [0.2, 0.25) is 0 Å². The lowest BCUT2D eigenvalue weighted by Crippen LogP contribution is -2.48. The van der Waals surface area contributed by atoms with Gasteiger partial charge in [0.05, 0.1) is 32.8 Å². The first-order chi connectivity index (χ1) is 15.7. The highest BCUT2D eigenvalue weighted by atomic mass is 35.5. The molecule has 0 saturated heterocycles. The van der Waals surface area contributed by atoms with Crippen molar-refractivity contribution in [3.05, 3.63) is 86.9 Å². The maximum atomic E-state index is 13.4. The number of nitrogens with zero attached hydrogens (tertiary/aromatic N) is 2. The SMILES string of the molecule is O=C(Nc1cc([N+](=O)[O-])ccc1Cl)C1CN(S(=O)(=O)c2ccc(Cl)cc2)c2ccccc2O1. The smallest absolute Gasteiger partial charge is 0.271 e. The fourth-order valence-corrected chi connectivity index (χ4v) is 5.00. The van der Waals surface area contributed by atoms with Gasteiger partial charge in [0, 0.05) is 17.2 Å². The van der Waals surface area contributed by atoms with E-state index in [2.05, 4.69) is 5.32 Å². The van der Waals surface area contributed by atoms with Gasteiger partial charge in [0.15, 0.2) is 6.10 Å². The minimum absolute atomic E-state index is 0.00503. The lowest BCUT2D eigenvalue weighted by atomic mass is 10.2. The van der Waals surface area contributed by atoms with Gasteiger partial charge in [-0.1, -0.05) is 35.3 Å². The number of carbonyl (C=O) groups excluding carboxylic acids is 1. The molecular weight excluding hydrogens is 493 g/mol. The number of para-hydroxylation sites is 2. The molecule has 12 heteroatoms. The van der Waals surface area contributed by atoms with Crippen LogP contribution in [0.2, 0.25) is 10.0 Å². The van der Waals surface area contributed by atoms with Gasteiger partial charge in [-0.25, -0.2) is 8.42 Å². The molecule has 3 aromatic carbocycles. The monoisotopic (exact) mass is 507 g/mol. The summed E-state index contributed by atoms with van der Waals surface area (Å²) in [5.74, 6) is -0.533. The van der Waals surface area contributed by atoms with Crippen LogP contribution < -0.4 is 14.4 Å². The summed E-state index contributed by atoms with van der Waals surface area (Å²) >= 11 is 11.9. The van der Waals surface area contributed by atoms with Gasteiger partial charge >= 0.3 is 0 Å². The fourth-order valence-electron chi connectivity index (χ4n) is 3.24. The Labute approximate surface area is 198 Å². The zero-order chi connectivity index (χ0) is 23.8. The van der Waals surface area contributed by atoms with E-state index in [0.717, 1.165) is 10.4 Å². The summed E-state index contributed by atoms with van der Waals surface area (Å²) in [6.07, 6.45) is -1.25. The number of fused-ring (bicyclic) bond motifs is 1. The molecular formula is C21H15Cl2N3O6S. The standard InChI is InChI=1S/C21H15Cl2N3O6S/c22-13-5-8-15(9-6-13)33(30,31)25-12-20(32-19-4-2-1-3-18(19)25)21(27)24-17-11-14(26(28)29)7-10-16(17)23/h1-11,20H,12H2,(H,24,27). The average Bonchev–Trinajstić information content (AvgIpc) is 2.79. The van der Waals surface area contributed by atoms with Crippen molar-refractivity contribution in [3.8, 4) is 5.75 Å². The number of non-ortho nitro benzene ring substituents is 1. The highest BCUT2D eigenvalue weighted by Gasteiger charge is 2.37. The maximum Gasteiger partial charge on any atom is 0.271 e. The molecule has 170 valence electrons. The molecule has 0 fully saturated rings. The molecule has 0 radical (unpaired) electrons. The van der Waals surface area contributed by atoms with E-state index in [9.17, 15) is 23.3 Å². The van der Waals surface area contributed by atoms with E-state index in [0.29, 0.717) is 5.02 Å². The molecule has 0 spiro atoms. The number of nitro benzene ring substituents is 1. The van der Waals surface area contributed by atoms with Crippen LogP contribution in [0.15, 0.2) is 71.6 Å². The van der Waals surface area contributed by atoms with Crippen LogP contribution in [-0.4, -0.2) is 31.9 Å². The van der Waals surface area contributed by atoms with Gasteiger partial charge in [0.25, 0.3) is 21.6 Å². The number of ether oxygens (including phenoxy) is 1. The van der Waals surface area contributed by atoms with Gasteiger partial charge in [-0.15, -0.1) is 0 Å². The topological polar surface area (TPSA) is 119 Å². The first kappa shape index (κ1) is 22.8. The first-order valence-corrected chi connectivity index (χ1v) is 11.7. The van der Waals surface area contributed by atoms with Gasteiger partial charge < -0.3 is 10.1 Å². The van der Waals surface area contributed by atoms with E-state index in [1.54, 1.807) is 24.3 Å². The summed E-state index contributed by atoms with van der Waals surface area (Å²) in [6, 6.07) is 15.6. The van der Waals surface area contributed by atoms with Crippen LogP contribution in [0.5, 0.6) is 5.75 Å². The number of amides is 1. The molecule has 4 rings (SSSR count). The Morgan fingerprint density at radius 3 is 2.48 bits per heavy atom. The number of hydrogen-bond acceptors (Lipinski definition) is 6. The Kier molecular flexibility index (Phi) is 6.15. The predicted octanol–water partition coefficient (Wildman–Crippen LogP) is 4.50. The molecule has 1 heterocycles. The number of hydrogen-bond donors (Lipinski definition) is 1. The second kappa shape index (κ2) is 8.89. The maximum absolute atomic E-state index is 13.4. The predicted molar refractivity (Wildman–Crippen MR) is 124 cm³/mol. The van der Waals surface area contributed by atoms with Gasteiger partial charge in [-0.3, -0.25) is 19.2 Å². The van der Waals surface area contributed by atoms with Crippen molar-refractivity contribution in [1.82, 2.24) is 0 Å². The van der Waals surface area contributed by atoms with Crippen LogP contribution in [0, 0.1) is 10.1 Å². The van der Waals surface area contributed by atoms with E-state index in [4.69, 9.17) is 27.9 Å². The normalized spacial score (nSPS) is 15.3. The summed E-state index contributed by atoms with van der Waals surface area (Å²) in [7, 11) is -4.06. The van der Waals surface area contributed by atoms with Gasteiger partial charge in [0.1, 0.15) is 5.75 Å². The zero-order valence-electron chi connectivity index (χ0n) is 16.6. The number of benzene rings is 3. The lowest BCUT2D eigenvalue weighted by Gasteiger charge is -2.34. The molecule has 9 nitrogen and oxygen atoms in total. The third-order valence-electron chi connectivity index (χ3n) is 4.85. The number of anilines is 2. The quantitative estimate of drug-likeness (QED) is 0.401. The number of sulfonamides is 1. The Morgan fingerprint density at radius 2 is 1.79 bits per heavy atom. The molecule has 1 unspecified atom stereocenters. The van der Waals surface area contributed by atoms with Crippen LogP contribution in [0.4, 0.5) is 17.1 Å². The van der Waals surface area contributed by atoms with E-state index in [1.165, 1.54) is 36.4 Å². The highest BCUT2D eigenvalue weighted by Crippen LogP contribution is 2.37. The number of rotatable bonds is 5. The summed E-state index contributed by atoms with van der Waals surface area (Å²) in [5, 5.41) is 14.0. The Bertz CT molecular complexity index is 1350. The van der Waals surface area contributed by atoms with Crippen molar-refractivity contribution in [3.63, 3.8) is 0 Å². The Morgan fingerprint density at radius 1 is 1.09 bits per heavy atom. The third-order valence-corrected chi connectivity index (χ3v) is 7.22. The number of nitro groups is 1. The van der Waals surface area contributed by atoms with Crippen LogP contribution in [0.1, 0.15) is 0 Å². The molecule has 3 aromatic rings. The molecule has 1 N–H and O–H groups in total. The van der Waals surface area contributed by atoms with Crippen molar-refractivity contribution in [2.75, 3.05) is 16.2 Å². The first-order valence-electron chi connectivity index (χ1n) is 9.45. The van der Waals surface area contributed by atoms with E-state index in [-0.39, 0.29) is 39.3 Å². The van der Waals surface area contributed by atoms with Crippen molar-refractivity contribution >= 4 is 56.2 Å². The molecule has 0 aliphatic carbocycles. The molecule has 0 aromatic heterocycles. The second-order valence-electron chi connectivity index (χ2n) is 6.97. The van der Waals surface area contributed by atoms with Crippen LogP contribution in [0.25, 0.3) is 0 Å². The van der Waals surface area contributed by atoms with Crippen molar-refractivity contribution in [1.29, 1.82) is 0 Å². The van der Waals surface area contributed by atoms with Crippen LogP contribution in [-0.2, 0) is 14.8 Å². The Hall–Kier alpha value is -3.34. The molecule has 1 aliphatic rings. The number of halogens is 2. The fraction of sp³-hybridized carbons (Fsp3) is 0.0952. The molecule has 33 heavy (non-hydrogen) atoms. The Balaban J connectivity index is 1.67. The molecule has 1 atom stereocenters. The minimum atomic E-state index is -4.06. The van der Waals surface area contributed by atoms with Crippen molar-refractivity contribution in [2.45, 2.75) is 11.0 Å².